The van der Waals surface area contributed by atoms with Crippen molar-refractivity contribution in [3.63, 3.8) is 0 Å². The highest BCUT2D eigenvalue weighted by Crippen LogP contribution is 2.21. The molecular weight excluding hydrogens is 303 g/mol. The predicted octanol–water partition coefficient (Wildman–Crippen LogP) is 2.87. The Morgan fingerprint density at radius 3 is 2.77 bits per heavy atom. The van der Waals surface area contributed by atoms with Gasteiger partial charge in [-0.3, -0.25) is 4.57 Å². The number of aromatic amines is 1. The summed E-state index contributed by atoms with van der Waals surface area (Å²) in [6, 6.07) is 7.48. The highest BCUT2D eigenvalue weighted by Gasteiger charge is 2.12. The third-order valence-electron chi connectivity index (χ3n) is 3.03. The lowest BCUT2D eigenvalue weighted by molar-refractivity contribution is 0.627. The Hall–Kier alpha value is -2.41. The predicted molar refractivity (Wildman–Crippen MR) is 83.8 cm³/mol. The maximum absolute atomic E-state index is 13.1. The van der Waals surface area contributed by atoms with Gasteiger partial charge in [-0.05, 0) is 36.1 Å². The first-order chi connectivity index (χ1) is 10.7. The van der Waals surface area contributed by atoms with Gasteiger partial charge >= 0.3 is 5.69 Å². The molecule has 0 unspecified atom stereocenters. The Kier molecular flexibility index (Phi) is 4.06. The molecular formula is C15H13FN4OS. The summed E-state index contributed by atoms with van der Waals surface area (Å²) in [6.45, 7) is 2.02. The summed E-state index contributed by atoms with van der Waals surface area (Å²) in [4.78, 5) is 23.3. The molecule has 0 radical (unpaired) electrons. The van der Waals surface area contributed by atoms with Crippen LogP contribution in [0.1, 0.15) is 6.92 Å². The summed E-state index contributed by atoms with van der Waals surface area (Å²) >= 11 is 1.53. The third kappa shape index (κ3) is 2.80. The maximum atomic E-state index is 13.1. The minimum Gasteiger partial charge on any atom is -0.312 e. The molecule has 2 aromatic heterocycles. The largest absolute Gasteiger partial charge is 0.330 e. The highest BCUT2D eigenvalue weighted by atomic mass is 32.2. The van der Waals surface area contributed by atoms with Crippen LogP contribution in [0.25, 0.3) is 17.1 Å². The molecule has 22 heavy (non-hydrogen) atoms. The molecule has 2 heterocycles. The van der Waals surface area contributed by atoms with Gasteiger partial charge in [0.2, 0.25) is 0 Å². The van der Waals surface area contributed by atoms with Crippen molar-refractivity contribution in [3.05, 3.63) is 59.0 Å². The molecule has 7 heteroatoms. The zero-order valence-corrected chi connectivity index (χ0v) is 12.6. The second-order valence-electron chi connectivity index (χ2n) is 4.45. The van der Waals surface area contributed by atoms with E-state index in [1.54, 1.807) is 30.6 Å². The lowest BCUT2D eigenvalue weighted by Crippen LogP contribution is -2.16. The third-order valence-corrected chi connectivity index (χ3v) is 3.77. The van der Waals surface area contributed by atoms with E-state index in [0.717, 1.165) is 5.75 Å². The van der Waals surface area contributed by atoms with Gasteiger partial charge in [-0.2, -0.15) is 0 Å². The second-order valence-corrected chi connectivity index (χ2v) is 5.68. The fraction of sp³-hybridized carbons (Fsp3) is 0.133. The van der Waals surface area contributed by atoms with Crippen LogP contribution < -0.4 is 5.69 Å². The molecule has 1 N–H and O–H groups in total. The zero-order chi connectivity index (χ0) is 15.5. The number of benzene rings is 1. The minimum absolute atomic E-state index is 0.301. The molecule has 3 aromatic rings. The smallest absolute Gasteiger partial charge is 0.312 e. The molecule has 0 aliphatic carbocycles. The molecule has 0 atom stereocenters. The number of aromatic nitrogens is 4. The zero-order valence-electron chi connectivity index (χ0n) is 11.8. The van der Waals surface area contributed by atoms with E-state index < -0.39 is 0 Å². The van der Waals surface area contributed by atoms with E-state index in [4.69, 9.17) is 0 Å². The maximum Gasteiger partial charge on any atom is 0.330 e. The van der Waals surface area contributed by atoms with Gasteiger partial charge in [-0.25, -0.2) is 19.2 Å². The van der Waals surface area contributed by atoms with E-state index in [9.17, 15) is 9.18 Å². The fourth-order valence-electron chi connectivity index (χ4n) is 2.09. The molecule has 0 spiro atoms. The van der Waals surface area contributed by atoms with Gasteiger partial charge in [-0.15, -0.1) is 0 Å². The summed E-state index contributed by atoms with van der Waals surface area (Å²) in [5.74, 6) is 0.513. The topological polar surface area (TPSA) is 63.6 Å². The van der Waals surface area contributed by atoms with Gasteiger partial charge in [0.05, 0.1) is 17.1 Å². The summed E-state index contributed by atoms with van der Waals surface area (Å²) in [5.41, 5.74) is 1.52. The molecule has 3 rings (SSSR count). The number of nitrogens with zero attached hydrogens (tertiary/aromatic N) is 3. The first kappa shape index (κ1) is 14.5. The molecule has 0 aliphatic heterocycles. The van der Waals surface area contributed by atoms with Crippen molar-refractivity contribution < 1.29 is 4.39 Å². The number of H-pyrrole nitrogens is 1. The van der Waals surface area contributed by atoms with Crippen LogP contribution in [0.3, 0.4) is 0 Å². The Balaban J connectivity index is 2.11. The van der Waals surface area contributed by atoms with Crippen molar-refractivity contribution >= 4 is 11.8 Å². The summed E-state index contributed by atoms with van der Waals surface area (Å²) in [6.07, 6.45) is 3.25. The first-order valence-electron chi connectivity index (χ1n) is 6.71. The number of hydrogen-bond donors (Lipinski definition) is 1. The van der Waals surface area contributed by atoms with Crippen LogP contribution >= 0.6 is 11.8 Å². The molecule has 0 saturated carbocycles. The van der Waals surface area contributed by atoms with Crippen molar-refractivity contribution in [2.75, 3.05) is 5.75 Å². The second kappa shape index (κ2) is 6.15. The number of halogens is 1. The average molecular weight is 316 g/mol. The van der Waals surface area contributed by atoms with E-state index in [2.05, 4.69) is 15.0 Å². The van der Waals surface area contributed by atoms with E-state index in [-0.39, 0.29) is 11.5 Å². The van der Waals surface area contributed by atoms with Crippen LogP contribution in [0, 0.1) is 5.82 Å². The SMILES string of the molecule is CCSc1nccc(-c2c[nH]c(=O)n2-c2ccc(F)cc2)n1. The minimum atomic E-state index is -0.349. The number of nitrogens with one attached hydrogen (secondary N) is 1. The van der Waals surface area contributed by atoms with Crippen molar-refractivity contribution in [2.45, 2.75) is 12.1 Å². The van der Waals surface area contributed by atoms with E-state index in [0.29, 0.717) is 22.2 Å². The fourth-order valence-corrected chi connectivity index (χ4v) is 2.64. The molecule has 0 fully saturated rings. The molecule has 0 aliphatic rings. The Morgan fingerprint density at radius 1 is 1.27 bits per heavy atom. The van der Waals surface area contributed by atoms with Gasteiger partial charge in [0.15, 0.2) is 5.16 Å². The summed E-state index contributed by atoms with van der Waals surface area (Å²) in [5, 5.41) is 0.652. The van der Waals surface area contributed by atoms with Crippen LogP contribution in [-0.4, -0.2) is 25.3 Å². The monoisotopic (exact) mass is 316 g/mol. The molecule has 112 valence electrons. The molecule has 0 amide bonds. The van der Waals surface area contributed by atoms with Gasteiger partial charge < -0.3 is 4.98 Å². The summed E-state index contributed by atoms with van der Waals surface area (Å²) < 4.78 is 14.5. The normalized spacial score (nSPS) is 10.8. The average Bonchev–Trinajstić information content (AvgIpc) is 2.91. The lowest BCUT2D eigenvalue weighted by Gasteiger charge is -2.07. The van der Waals surface area contributed by atoms with Gasteiger partial charge in [0, 0.05) is 12.4 Å². The quantitative estimate of drug-likeness (QED) is 0.594. The Morgan fingerprint density at radius 2 is 2.05 bits per heavy atom. The first-order valence-corrected chi connectivity index (χ1v) is 7.70. The van der Waals surface area contributed by atoms with Crippen molar-refractivity contribution in [1.29, 1.82) is 0 Å². The van der Waals surface area contributed by atoms with Gasteiger partial charge in [0.25, 0.3) is 0 Å². The number of thioether (sulfide) groups is 1. The number of imidazole rings is 1. The van der Waals surface area contributed by atoms with E-state index >= 15 is 0 Å². The van der Waals surface area contributed by atoms with Crippen molar-refractivity contribution in [3.8, 4) is 17.1 Å². The van der Waals surface area contributed by atoms with Crippen molar-refractivity contribution in [2.24, 2.45) is 0 Å². The van der Waals surface area contributed by atoms with Crippen molar-refractivity contribution in [1.82, 2.24) is 19.5 Å². The van der Waals surface area contributed by atoms with Gasteiger partial charge in [0.1, 0.15) is 5.82 Å². The summed E-state index contributed by atoms with van der Waals surface area (Å²) in [7, 11) is 0. The van der Waals surface area contributed by atoms with E-state index in [1.807, 2.05) is 6.92 Å². The van der Waals surface area contributed by atoms with Crippen LogP contribution in [-0.2, 0) is 0 Å². The highest BCUT2D eigenvalue weighted by molar-refractivity contribution is 7.99. The van der Waals surface area contributed by atoms with Crippen LogP contribution in [0.2, 0.25) is 0 Å². The molecule has 0 bridgehead atoms. The van der Waals surface area contributed by atoms with Crippen LogP contribution in [0.15, 0.2) is 52.7 Å². The van der Waals surface area contributed by atoms with Gasteiger partial charge in [-0.1, -0.05) is 18.7 Å². The Labute approximate surface area is 130 Å². The van der Waals surface area contributed by atoms with E-state index in [1.165, 1.54) is 28.5 Å². The number of hydrogen-bond acceptors (Lipinski definition) is 4. The molecule has 5 nitrogen and oxygen atoms in total. The standard InChI is InChI=1S/C15H13FN4OS/c1-2-22-14-17-8-7-12(19-14)13-9-18-15(21)20(13)11-5-3-10(16)4-6-11/h3-9H,2H2,1H3,(H,18,21). The Bertz CT molecular complexity index is 841. The molecule has 0 saturated heterocycles. The molecule has 1 aromatic carbocycles. The van der Waals surface area contributed by atoms with Crippen LogP contribution in [0.4, 0.5) is 4.39 Å². The lowest BCUT2D eigenvalue weighted by atomic mass is 10.2. The van der Waals surface area contributed by atoms with Crippen LogP contribution in [0.5, 0.6) is 0 Å². The number of rotatable bonds is 4.